The average molecular weight is 215 g/mol. The largest absolute Gasteiger partial charge is 0.355 e. The van der Waals surface area contributed by atoms with E-state index in [1.807, 2.05) is 13.8 Å². The lowest BCUT2D eigenvalue weighted by Crippen LogP contribution is -2.43. The Hall–Kier alpha value is -1.10. The third-order valence-corrected chi connectivity index (χ3v) is 1.93. The summed E-state index contributed by atoms with van der Waals surface area (Å²) in [6.45, 7) is 5.24. The Kier molecular flexibility index (Phi) is 7.62. The highest BCUT2D eigenvalue weighted by atomic mass is 16.2. The molecule has 0 unspecified atom stereocenters. The molecular formula is C10H21N3O2. The number of hydrogen-bond donors (Lipinski definition) is 2. The number of carbonyl (C=O) groups is 2. The van der Waals surface area contributed by atoms with Gasteiger partial charge in [-0.05, 0) is 12.8 Å². The predicted octanol–water partition coefficient (Wildman–Crippen LogP) is -0.290. The van der Waals surface area contributed by atoms with Gasteiger partial charge in [0.2, 0.25) is 11.8 Å². The Balaban J connectivity index is 4.03. The van der Waals surface area contributed by atoms with E-state index >= 15 is 0 Å². The molecule has 0 fully saturated rings. The summed E-state index contributed by atoms with van der Waals surface area (Å²) < 4.78 is 0. The van der Waals surface area contributed by atoms with Crippen LogP contribution in [0.3, 0.4) is 0 Å². The lowest BCUT2D eigenvalue weighted by atomic mass is 10.3. The number of nitrogens with one attached hydrogen (secondary N) is 1. The lowest BCUT2D eigenvalue weighted by molar-refractivity contribution is -0.134. The molecule has 0 heterocycles. The highest BCUT2D eigenvalue weighted by molar-refractivity contribution is 5.85. The van der Waals surface area contributed by atoms with Crippen LogP contribution in [0.1, 0.15) is 26.7 Å². The van der Waals surface area contributed by atoms with Crippen molar-refractivity contribution in [2.24, 2.45) is 5.73 Å². The molecule has 0 aliphatic carbocycles. The van der Waals surface area contributed by atoms with Crippen LogP contribution < -0.4 is 11.1 Å². The Labute approximate surface area is 91.0 Å². The number of amides is 2. The minimum absolute atomic E-state index is 0.0406. The Bertz CT molecular complexity index is 207. The molecule has 0 radical (unpaired) electrons. The van der Waals surface area contributed by atoms with E-state index in [1.54, 1.807) is 0 Å². The van der Waals surface area contributed by atoms with Crippen molar-refractivity contribution in [3.63, 3.8) is 0 Å². The van der Waals surface area contributed by atoms with Crippen molar-refractivity contribution in [1.29, 1.82) is 0 Å². The minimum Gasteiger partial charge on any atom is -0.355 e. The van der Waals surface area contributed by atoms with Gasteiger partial charge in [0.1, 0.15) is 0 Å². The van der Waals surface area contributed by atoms with Gasteiger partial charge in [-0.1, -0.05) is 13.8 Å². The first-order valence-electron chi connectivity index (χ1n) is 5.40. The number of nitrogens with two attached hydrogens (primary N) is 1. The van der Waals surface area contributed by atoms with Gasteiger partial charge in [-0.2, -0.15) is 0 Å². The van der Waals surface area contributed by atoms with Gasteiger partial charge in [0.05, 0.1) is 13.1 Å². The molecule has 0 aromatic rings. The second-order valence-electron chi connectivity index (χ2n) is 3.37. The summed E-state index contributed by atoms with van der Waals surface area (Å²) in [6, 6.07) is 0. The first-order valence-corrected chi connectivity index (χ1v) is 5.40. The van der Waals surface area contributed by atoms with E-state index in [0.29, 0.717) is 13.1 Å². The molecule has 3 N–H and O–H groups in total. The summed E-state index contributed by atoms with van der Waals surface area (Å²) in [6.07, 6.45) is 1.72. The summed E-state index contributed by atoms with van der Waals surface area (Å²) in [4.78, 5) is 24.2. The summed E-state index contributed by atoms with van der Waals surface area (Å²) in [5.41, 5.74) is 5.26. The van der Waals surface area contributed by atoms with Gasteiger partial charge < -0.3 is 16.0 Å². The summed E-state index contributed by atoms with van der Waals surface area (Å²) >= 11 is 0. The van der Waals surface area contributed by atoms with Gasteiger partial charge in [0.25, 0.3) is 0 Å². The van der Waals surface area contributed by atoms with Gasteiger partial charge in [-0.15, -0.1) is 0 Å². The number of hydrogen-bond acceptors (Lipinski definition) is 3. The molecule has 0 spiro atoms. The third-order valence-electron chi connectivity index (χ3n) is 1.93. The molecule has 0 rings (SSSR count). The van der Waals surface area contributed by atoms with E-state index < -0.39 is 0 Å². The topological polar surface area (TPSA) is 75.4 Å². The van der Waals surface area contributed by atoms with E-state index in [2.05, 4.69) is 5.32 Å². The summed E-state index contributed by atoms with van der Waals surface area (Å²) in [5.74, 6) is -0.296. The summed E-state index contributed by atoms with van der Waals surface area (Å²) in [7, 11) is 0. The predicted molar refractivity (Wildman–Crippen MR) is 59.2 cm³/mol. The SMILES string of the molecule is CCCNC(=O)CN(CCC)C(=O)CN. The molecule has 5 heteroatoms. The van der Waals surface area contributed by atoms with Crippen LogP contribution in [0.2, 0.25) is 0 Å². The van der Waals surface area contributed by atoms with Crippen LogP contribution in [0, 0.1) is 0 Å². The molecule has 0 aliphatic heterocycles. The normalized spacial score (nSPS) is 9.80. The van der Waals surface area contributed by atoms with E-state index in [9.17, 15) is 9.59 Å². The van der Waals surface area contributed by atoms with Crippen molar-refractivity contribution in [3.05, 3.63) is 0 Å². The zero-order valence-electron chi connectivity index (χ0n) is 9.58. The molecule has 0 aromatic carbocycles. The second-order valence-corrected chi connectivity index (χ2v) is 3.37. The molecule has 5 nitrogen and oxygen atoms in total. The van der Waals surface area contributed by atoms with E-state index in [0.717, 1.165) is 12.8 Å². The molecule has 0 bridgehead atoms. The molecule has 0 aliphatic rings. The van der Waals surface area contributed by atoms with Crippen LogP contribution in [0.15, 0.2) is 0 Å². The molecule has 88 valence electrons. The third kappa shape index (κ3) is 6.06. The first kappa shape index (κ1) is 13.9. The lowest BCUT2D eigenvalue weighted by Gasteiger charge is -2.20. The molecule has 0 atom stereocenters. The molecule has 15 heavy (non-hydrogen) atoms. The number of carbonyl (C=O) groups excluding carboxylic acids is 2. The van der Waals surface area contributed by atoms with Crippen LogP contribution in [0.4, 0.5) is 0 Å². The molecule has 0 saturated heterocycles. The van der Waals surface area contributed by atoms with Gasteiger partial charge in [-0.3, -0.25) is 9.59 Å². The van der Waals surface area contributed by atoms with Crippen molar-refractivity contribution in [1.82, 2.24) is 10.2 Å². The number of rotatable bonds is 7. The standard InChI is InChI=1S/C10H21N3O2/c1-3-5-12-9(14)8-13(6-4-2)10(15)7-11/h3-8,11H2,1-2H3,(H,12,14). The molecule has 0 saturated carbocycles. The van der Waals surface area contributed by atoms with Gasteiger partial charge in [-0.25, -0.2) is 0 Å². The second kappa shape index (κ2) is 8.23. The fraction of sp³-hybridized carbons (Fsp3) is 0.800. The van der Waals surface area contributed by atoms with Crippen molar-refractivity contribution >= 4 is 11.8 Å². The first-order chi connectivity index (χ1) is 7.15. The maximum Gasteiger partial charge on any atom is 0.239 e. The fourth-order valence-corrected chi connectivity index (χ4v) is 1.18. The quantitative estimate of drug-likeness (QED) is 0.613. The maximum atomic E-state index is 11.4. The van der Waals surface area contributed by atoms with E-state index in [-0.39, 0.29) is 24.9 Å². The zero-order valence-corrected chi connectivity index (χ0v) is 9.58. The fourth-order valence-electron chi connectivity index (χ4n) is 1.18. The van der Waals surface area contributed by atoms with Crippen LogP contribution in [0.5, 0.6) is 0 Å². The molecule has 0 aromatic heterocycles. The Morgan fingerprint density at radius 1 is 1.27 bits per heavy atom. The average Bonchev–Trinajstić information content (AvgIpc) is 2.24. The number of nitrogens with zero attached hydrogens (tertiary/aromatic N) is 1. The summed E-state index contributed by atoms with van der Waals surface area (Å²) in [5, 5.41) is 2.73. The van der Waals surface area contributed by atoms with Gasteiger partial charge in [0.15, 0.2) is 0 Å². The van der Waals surface area contributed by atoms with Gasteiger partial charge in [0, 0.05) is 13.1 Å². The van der Waals surface area contributed by atoms with Crippen LogP contribution >= 0.6 is 0 Å². The zero-order chi connectivity index (χ0) is 11.7. The molecule has 2 amide bonds. The van der Waals surface area contributed by atoms with E-state index in [4.69, 9.17) is 5.73 Å². The Morgan fingerprint density at radius 2 is 1.93 bits per heavy atom. The van der Waals surface area contributed by atoms with Gasteiger partial charge >= 0.3 is 0 Å². The highest BCUT2D eigenvalue weighted by Gasteiger charge is 2.14. The maximum absolute atomic E-state index is 11.4. The smallest absolute Gasteiger partial charge is 0.239 e. The molecular weight excluding hydrogens is 194 g/mol. The Morgan fingerprint density at radius 3 is 2.40 bits per heavy atom. The van der Waals surface area contributed by atoms with Crippen LogP contribution in [-0.4, -0.2) is 42.9 Å². The van der Waals surface area contributed by atoms with Crippen molar-refractivity contribution < 1.29 is 9.59 Å². The van der Waals surface area contributed by atoms with Crippen molar-refractivity contribution in [2.45, 2.75) is 26.7 Å². The minimum atomic E-state index is -0.177. The van der Waals surface area contributed by atoms with E-state index in [1.165, 1.54) is 4.90 Å². The van der Waals surface area contributed by atoms with Crippen LogP contribution in [-0.2, 0) is 9.59 Å². The van der Waals surface area contributed by atoms with Crippen LogP contribution in [0.25, 0.3) is 0 Å². The monoisotopic (exact) mass is 215 g/mol. The van der Waals surface area contributed by atoms with Crippen molar-refractivity contribution in [2.75, 3.05) is 26.2 Å². The van der Waals surface area contributed by atoms with Crippen molar-refractivity contribution in [3.8, 4) is 0 Å². The highest BCUT2D eigenvalue weighted by Crippen LogP contribution is 1.92.